The maximum atomic E-state index is 12.1. The van der Waals surface area contributed by atoms with E-state index in [2.05, 4.69) is 14.8 Å². The number of carbonyl (C=O) groups is 2. The SMILES string of the molecule is COC(=O)c1[nH]c(Cn2ncc(Cl)c(Cl)c2=O)c(C(=O)OC)c1C. The molecule has 0 bridgehead atoms. The van der Waals surface area contributed by atoms with Gasteiger partial charge >= 0.3 is 11.9 Å². The van der Waals surface area contributed by atoms with Crippen molar-refractivity contribution >= 4 is 35.1 Å². The van der Waals surface area contributed by atoms with Crippen molar-refractivity contribution in [1.29, 1.82) is 0 Å². The molecule has 0 aliphatic rings. The Bertz CT molecular complexity index is 872. The summed E-state index contributed by atoms with van der Waals surface area (Å²) < 4.78 is 10.4. The average molecular weight is 374 g/mol. The van der Waals surface area contributed by atoms with Gasteiger partial charge in [-0.2, -0.15) is 5.10 Å². The molecular formula is C14H13Cl2N3O5. The summed E-state index contributed by atoms with van der Waals surface area (Å²) in [6, 6.07) is 0. The Morgan fingerprint density at radius 1 is 1.25 bits per heavy atom. The van der Waals surface area contributed by atoms with Crippen LogP contribution in [-0.4, -0.2) is 40.9 Å². The lowest BCUT2D eigenvalue weighted by atomic mass is 10.1. The summed E-state index contributed by atoms with van der Waals surface area (Å²) in [5.74, 6) is -1.32. The van der Waals surface area contributed by atoms with Crippen LogP contribution in [0.1, 0.15) is 32.1 Å². The second-order valence-corrected chi connectivity index (χ2v) is 5.52. The standard InChI is InChI=1S/C14H13Cl2N3O5/c1-6-9(13(21)23-2)8(18-11(6)14(22)24-3)5-19-12(20)10(16)7(15)4-17-19/h4,18H,5H2,1-3H3. The van der Waals surface area contributed by atoms with Gasteiger partial charge in [0, 0.05) is 0 Å². The van der Waals surface area contributed by atoms with E-state index in [0.29, 0.717) is 5.56 Å². The number of H-pyrrole nitrogens is 1. The van der Waals surface area contributed by atoms with Crippen LogP contribution in [0.2, 0.25) is 10.0 Å². The molecule has 0 aliphatic carbocycles. The van der Waals surface area contributed by atoms with Gasteiger partial charge < -0.3 is 14.5 Å². The Hall–Kier alpha value is -2.32. The second-order valence-electron chi connectivity index (χ2n) is 4.73. The molecule has 0 unspecified atom stereocenters. The first-order valence-corrected chi connectivity index (χ1v) is 7.36. The minimum atomic E-state index is -0.665. The molecule has 2 rings (SSSR count). The third kappa shape index (κ3) is 3.15. The fraction of sp³-hybridized carbons (Fsp3) is 0.286. The number of nitrogens with one attached hydrogen (secondary N) is 1. The summed E-state index contributed by atoms with van der Waals surface area (Å²) in [5.41, 5.74) is 0.176. The van der Waals surface area contributed by atoms with Gasteiger partial charge in [-0.05, 0) is 12.5 Å². The molecule has 8 nitrogen and oxygen atoms in total. The minimum Gasteiger partial charge on any atom is -0.465 e. The van der Waals surface area contributed by atoms with Gasteiger partial charge in [-0.1, -0.05) is 23.2 Å². The third-order valence-electron chi connectivity index (χ3n) is 3.36. The van der Waals surface area contributed by atoms with Crippen LogP contribution in [0.3, 0.4) is 0 Å². The van der Waals surface area contributed by atoms with E-state index in [9.17, 15) is 14.4 Å². The third-order valence-corrected chi connectivity index (χ3v) is 4.11. The van der Waals surface area contributed by atoms with Crippen molar-refractivity contribution in [3.8, 4) is 0 Å². The van der Waals surface area contributed by atoms with Gasteiger partial charge in [0.15, 0.2) is 0 Å². The van der Waals surface area contributed by atoms with Crippen molar-refractivity contribution in [3.63, 3.8) is 0 Å². The normalized spacial score (nSPS) is 10.5. The van der Waals surface area contributed by atoms with Crippen LogP contribution in [0.5, 0.6) is 0 Å². The minimum absolute atomic E-state index is 0.0176. The highest BCUT2D eigenvalue weighted by Crippen LogP contribution is 2.21. The first-order chi connectivity index (χ1) is 11.3. The Balaban J connectivity index is 2.58. The quantitative estimate of drug-likeness (QED) is 0.819. The molecule has 2 aromatic rings. The van der Waals surface area contributed by atoms with E-state index < -0.39 is 17.5 Å². The lowest BCUT2D eigenvalue weighted by Gasteiger charge is -2.06. The molecule has 0 amide bonds. The smallest absolute Gasteiger partial charge is 0.354 e. The predicted molar refractivity (Wildman–Crippen MR) is 85.8 cm³/mol. The van der Waals surface area contributed by atoms with Crippen LogP contribution < -0.4 is 5.56 Å². The summed E-state index contributed by atoms with van der Waals surface area (Å²) in [4.78, 5) is 38.7. The fourth-order valence-electron chi connectivity index (χ4n) is 2.17. The molecule has 0 saturated heterocycles. The van der Waals surface area contributed by atoms with E-state index in [-0.39, 0.29) is 33.5 Å². The largest absolute Gasteiger partial charge is 0.465 e. The van der Waals surface area contributed by atoms with E-state index >= 15 is 0 Å². The molecule has 2 heterocycles. The van der Waals surface area contributed by atoms with E-state index in [1.54, 1.807) is 6.92 Å². The molecule has 0 atom stereocenters. The number of aromatic nitrogens is 3. The molecule has 2 aromatic heterocycles. The predicted octanol–water partition coefficient (Wildman–Crippen LogP) is 1.81. The van der Waals surface area contributed by atoms with Gasteiger partial charge in [-0.15, -0.1) is 0 Å². The van der Waals surface area contributed by atoms with E-state index in [1.165, 1.54) is 20.4 Å². The van der Waals surface area contributed by atoms with E-state index in [4.69, 9.17) is 27.9 Å². The maximum absolute atomic E-state index is 12.1. The average Bonchev–Trinajstić information content (AvgIpc) is 2.90. The molecule has 0 aliphatic heterocycles. The van der Waals surface area contributed by atoms with Crippen LogP contribution in [0, 0.1) is 6.92 Å². The van der Waals surface area contributed by atoms with Crippen molar-refractivity contribution in [2.75, 3.05) is 14.2 Å². The van der Waals surface area contributed by atoms with Crippen LogP contribution in [-0.2, 0) is 16.0 Å². The summed E-state index contributed by atoms with van der Waals surface area (Å²) >= 11 is 11.5. The van der Waals surface area contributed by atoms with Crippen LogP contribution in [0.15, 0.2) is 11.0 Å². The van der Waals surface area contributed by atoms with E-state index in [0.717, 1.165) is 4.68 Å². The van der Waals surface area contributed by atoms with Gasteiger partial charge in [0.25, 0.3) is 5.56 Å². The van der Waals surface area contributed by atoms with Crippen LogP contribution >= 0.6 is 23.2 Å². The number of hydrogen-bond acceptors (Lipinski definition) is 6. The Kier molecular flexibility index (Phi) is 5.30. The molecule has 0 aromatic carbocycles. The van der Waals surface area contributed by atoms with E-state index in [1.807, 2.05) is 0 Å². The number of esters is 2. The molecule has 128 valence electrons. The number of nitrogens with zero attached hydrogens (tertiary/aromatic N) is 2. The number of halogens is 2. The first-order valence-electron chi connectivity index (χ1n) is 6.61. The molecule has 0 saturated carbocycles. The number of ether oxygens (including phenoxy) is 2. The van der Waals surface area contributed by atoms with Gasteiger partial charge in [0.1, 0.15) is 10.7 Å². The highest BCUT2D eigenvalue weighted by atomic mass is 35.5. The van der Waals surface area contributed by atoms with Crippen LogP contribution in [0.4, 0.5) is 0 Å². The molecule has 1 N–H and O–H groups in total. The van der Waals surface area contributed by atoms with Crippen molar-refractivity contribution in [3.05, 3.63) is 49.1 Å². The van der Waals surface area contributed by atoms with Crippen molar-refractivity contribution in [1.82, 2.24) is 14.8 Å². The lowest BCUT2D eigenvalue weighted by Crippen LogP contribution is -2.24. The zero-order valence-electron chi connectivity index (χ0n) is 13.0. The maximum Gasteiger partial charge on any atom is 0.354 e. The summed E-state index contributed by atoms with van der Waals surface area (Å²) in [5, 5.41) is 3.69. The highest BCUT2D eigenvalue weighted by Gasteiger charge is 2.25. The second kappa shape index (κ2) is 7.06. The molecule has 0 fully saturated rings. The number of carbonyl (C=O) groups excluding carboxylic acids is 2. The van der Waals surface area contributed by atoms with Gasteiger partial charge in [-0.25, -0.2) is 14.3 Å². The lowest BCUT2D eigenvalue weighted by molar-refractivity contribution is 0.0592. The highest BCUT2D eigenvalue weighted by molar-refractivity contribution is 6.41. The Labute approximate surface area is 146 Å². The number of hydrogen-bond donors (Lipinski definition) is 1. The van der Waals surface area contributed by atoms with Gasteiger partial charge in [-0.3, -0.25) is 4.79 Å². The summed E-state index contributed by atoms with van der Waals surface area (Å²) in [6.07, 6.45) is 1.21. The van der Waals surface area contributed by atoms with Gasteiger partial charge in [0.05, 0.1) is 43.2 Å². The van der Waals surface area contributed by atoms with Gasteiger partial charge in [0.2, 0.25) is 0 Å². The Morgan fingerprint density at radius 2 is 1.88 bits per heavy atom. The molecule has 10 heteroatoms. The molecule has 0 radical (unpaired) electrons. The number of methoxy groups -OCH3 is 2. The summed E-state index contributed by atoms with van der Waals surface area (Å²) in [7, 11) is 2.42. The first kappa shape index (κ1) is 18.0. The topological polar surface area (TPSA) is 103 Å². The zero-order chi connectivity index (χ0) is 18.0. The summed E-state index contributed by atoms with van der Waals surface area (Å²) in [6.45, 7) is 1.42. The molecule has 24 heavy (non-hydrogen) atoms. The number of aromatic amines is 1. The zero-order valence-corrected chi connectivity index (χ0v) is 14.5. The number of rotatable bonds is 4. The molecule has 0 spiro atoms. The monoisotopic (exact) mass is 373 g/mol. The fourth-order valence-corrected chi connectivity index (χ4v) is 2.44. The van der Waals surface area contributed by atoms with Crippen molar-refractivity contribution < 1.29 is 19.1 Å². The van der Waals surface area contributed by atoms with Crippen LogP contribution in [0.25, 0.3) is 0 Å². The van der Waals surface area contributed by atoms with Crippen molar-refractivity contribution in [2.45, 2.75) is 13.5 Å². The Morgan fingerprint density at radius 3 is 2.46 bits per heavy atom. The molecular weight excluding hydrogens is 361 g/mol. The van der Waals surface area contributed by atoms with Crippen molar-refractivity contribution in [2.24, 2.45) is 0 Å².